The van der Waals surface area contributed by atoms with Crippen molar-refractivity contribution < 1.29 is 4.79 Å². The molecule has 0 fully saturated rings. The highest BCUT2D eigenvalue weighted by Gasteiger charge is 2.21. The fourth-order valence-corrected chi connectivity index (χ4v) is 2.79. The average Bonchev–Trinajstić information content (AvgIpc) is 2.18. The lowest BCUT2D eigenvalue weighted by molar-refractivity contribution is 0.112. The number of rotatable bonds is 3. The lowest BCUT2D eigenvalue weighted by Crippen LogP contribution is -2.41. The van der Waals surface area contributed by atoms with E-state index in [4.69, 9.17) is 0 Å². The second-order valence-electron chi connectivity index (χ2n) is 3.51. The second-order valence-corrected chi connectivity index (χ2v) is 7.90. The van der Waals surface area contributed by atoms with Crippen LogP contribution in [-0.2, 0) is 0 Å². The van der Waals surface area contributed by atoms with Gasteiger partial charge in [-0.15, -0.1) is 6.58 Å². The molecule has 1 aromatic rings. The van der Waals surface area contributed by atoms with Crippen molar-refractivity contribution in [3.05, 3.63) is 36.3 Å². The van der Waals surface area contributed by atoms with Gasteiger partial charge in [0.1, 0.15) is 8.07 Å². The summed E-state index contributed by atoms with van der Waals surface area (Å²) < 4.78 is 0. The van der Waals surface area contributed by atoms with E-state index in [1.54, 1.807) is 12.4 Å². The van der Waals surface area contributed by atoms with Crippen LogP contribution in [0, 0.1) is 0 Å². The molecule has 0 aromatic carbocycles. The predicted molar refractivity (Wildman–Crippen MR) is 56.9 cm³/mol. The van der Waals surface area contributed by atoms with Gasteiger partial charge < -0.3 is 0 Å². The maximum absolute atomic E-state index is 10.7. The molecule has 0 bridgehead atoms. The summed E-state index contributed by atoms with van der Waals surface area (Å²) in [6.07, 6.45) is 4.20. The van der Waals surface area contributed by atoms with Gasteiger partial charge in [-0.05, 0) is 11.3 Å². The van der Waals surface area contributed by atoms with E-state index in [-0.39, 0.29) is 0 Å². The molecule has 1 rings (SSSR count). The maximum Gasteiger partial charge on any atom is 0.151 e. The highest BCUT2D eigenvalue weighted by atomic mass is 28.3. The smallest absolute Gasteiger partial charge is 0.151 e. The van der Waals surface area contributed by atoms with Gasteiger partial charge in [0, 0.05) is 18.0 Å². The third kappa shape index (κ3) is 1.92. The van der Waals surface area contributed by atoms with E-state index in [0.717, 1.165) is 11.5 Å². The molecular weight excluding hydrogens is 178 g/mol. The minimum atomic E-state index is -1.63. The molecule has 0 aliphatic carbocycles. The van der Waals surface area contributed by atoms with Crippen molar-refractivity contribution in [2.24, 2.45) is 0 Å². The van der Waals surface area contributed by atoms with Crippen LogP contribution in [0.5, 0.6) is 0 Å². The van der Waals surface area contributed by atoms with Gasteiger partial charge in [-0.1, -0.05) is 18.8 Å². The number of carbonyl (C=O) groups is 1. The molecule has 0 radical (unpaired) electrons. The Morgan fingerprint density at radius 1 is 1.54 bits per heavy atom. The van der Waals surface area contributed by atoms with E-state index in [1.165, 1.54) is 0 Å². The maximum atomic E-state index is 10.7. The molecule has 0 N–H and O–H groups in total. The summed E-state index contributed by atoms with van der Waals surface area (Å²) in [6, 6.07) is 1.91. The Morgan fingerprint density at radius 3 is 2.77 bits per heavy atom. The summed E-state index contributed by atoms with van der Waals surface area (Å²) in [7, 11) is -1.63. The quantitative estimate of drug-likeness (QED) is 0.536. The Kier molecular flexibility index (Phi) is 2.78. The van der Waals surface area contributed by atoms with Crippen LogP contribution in [0.1, 0.15) is 10.4 Å². The normalized spacial score (nSPS) is 10.9. The fourth-order valence-electron chi connectivity index (χ4n) is 1.20. The molecule has 0 saturated heterocycles. The Morgan fingerprint density at radius 2 is 2.23 bits per heavy atom. The van der Waals surface area contributed by atoms with Crippen LogP contribution >= 0.6 is 0 Å². The van der Waals surface area contributed by atoms with Gasteiger partial charge in [0.25, 0.3) is 0 Å². The zero-order chi connectivity index (χ0) is 9.90. The summed E-state index contributed by atoms with van der Waals surface area (Å²) in [5.74, 6) is 0. The zero-order valence-electron chi connectivity index (χ0n) is 7.95. The van der Waals surface area contributed by atoms with Crippen molar-refractivity contribution in [2.45, 2.75) is 13.1 Å². The zero-order valence-corrected chi connectivity index (χ0v) is 8.95. The summed E-state index contributed by atoms with van der Waals surface area (Å²) in [5, 5.41) is 1.10. The van der Waals surface area contributed by atoms with E-state index in [2.05, 4.69) is 24.7 Å². The number of aromatic nitrogens is 1. The molecule has 0 aliphatic rings. The van der Waals surface area contributed by atoms with Gasteiger partial charge in [0.15, 0.2) is 6.29 Å². The van der Waals surface area contributed by atoms with Crippen molar-refractivity contribution in [1.82, 2.24) is 4.98 Å². The first kappa shape index (κ1) is 9.86. The minimum absolute atomic E-state index is 0.694. The van der Waals surface area contributed by atoms with Gasteiger partial charge in [-0.25, -0.2) is 0 Å². The molecule has 0 atom stereocenters. The molecule has 0 unspecified atom stereocenters. The molecule has 0 amide bonds. The molecule has 2 nitrogen and oxygen atoms in total. The van der Waals surface area contributed by atoms with Gasteiger partial charge in [0.2, 0.25) is 0 Å². The van der Waals surface area contributed by atoms with Crippen LogP contribution in [0.25, 0.3) is 0 Å². The summed E-state index contributed by atoms with van der Waals surface area (Å²) in [6.45, 7) is 8.12. The lowest BCUT2D eigenvalue weighted by Gasteiger charge is -2.18. The van der Waals surface area contributed by atoms with Crippen molar-refractivity contribution >= 4 is 19.5 Å². The van der Waals surface area contributed by atoms with E-state index < -0.39 is 8.07 Å². The van der Waals surface area contributed by atoms with Gasteiger partial charge in [0.05, 0.1) is 0 Å². The van der Waals surface area contributed by atoms with Crippen LogP contribution in [0.4, 0.5) is 0 Å². The number of hydrogen-bond donors (Lipinski definition) is 0. The van der Waals surface area contributed by atoms with E-state index >= 15 is 0 Å². The molecule has 0 aliphatic heterocycles. The van der Waals surface area contributed by atoms with E-state index in [9.17, 15) is 4.79 Å². The third-order valence-corrected chi connectivity index (χ3v) is 5.05. The second kappa shape index (κ2) is 3.66. The Hall–Kier alpha value is -1.22. The number of aldehydes is 1. The summed E-state index contributed by atoms with van der Waals surface area (Å²) >= 11 is 0. The largest absolute Gasteiger partial charge is 0.298 e. The molecule has 68 valence electrons. The topological polar surface area (TPSA) is 30.0 Å². The Bertz CT molecular complexity index is 333. The van der Waals surface area contributed by atoms with Crippen LogP contribution in [0.3, 0.4) is 0 Å². The first-order valence-electron chi connectivity index (χ1n) is 4.15. The predicted octanol–water partition coefficient (Wildman–Crippen LogP) is 1.53. The monoisotopic (exact) mass is 191 g/mol. The van der Waals surface area contributed by atoms with E-state index in [1.807, 2.05) is 11.8 Å². The van der Waals surface area contributed by atoms with E-state index in [0.29, 0.717) is 5.56 Å². The Balaban J connectivity index is 3.27. The van der Waals surface area contributed by atoms with Gasteiger partial charge in [-0.3, -0.25) is 9.78 Å². The van der Waals surface area contributed by atoms with Crippen molar-refractivity contribution in [2.75, 3.05) is 0 Å². The molecule has 13 heavy (non-hydrogen) atoms. The van der Waals surface area contributed by atoms with Crippen LogP contribution in [0.2, 0.25) is 13.1 Å². The van der Waals surface area contributed by atoms with Crippen molar-refractivity contribution in [3.8, 4) is 0 Å². The number of carbonyl (C=O) groups excluding carboxylic acids is 1. The third-order valence-electron chi connectivity index (χ3n) is 2.18. The molecular formula is C10H13NOSi. The van der Waals surface area contributed by atoms with Crippen molar-refractivity contribution in [3.63, 3.8) is 0 Å². The average molecular weight is 191 g/mol. The number of nitrogens with zero attached hydrogens (tertiary/aromatic N) is 1. The molecule has 0 spiro atoms. The summed E-state index contributed by atoms with van der Waals surface area (Å²) in [4.78, 5) is 14.7. The molecule has 1 aromatic heterocycles. The lowest BCUT2D eigenvalue weighted by atomic mass is 10.3. The Labute approximate surface area is 79.3 Å². The number of pyridine rings is 1. The standard InChI is InChI=1S/C10H13NOSi/c1-4-13(2,3)10-5-6-11-7-9(10)8-12/h4-8H,1H2,2-3H3. The first-order valence-corrected chi connectivity index (χ1v) is 7.23. The first-order chi connectivity index (χ1) is 6.11. The summed E-state index contributed by atoms with van der Waals surface area (Å²) in [5.41, 5.74) is 2.66. The van der Waals surface area contributed by atoms with Gasteiger partial charge in [-0.2, -0.15) is 0 Å². The minimum Gasteiger partial charge on any atom is -0.298 e. The van der Waals surface area contributed by atoms with Crippen molar-refractivity contribution in [1.29, 1.82) is 0 Å². The molecule has 0 saturated carbocycles. The van der Waals surface area contributed by atoms with Gasteiger partial charge >= 0.3 is 0 Å². The number of hydrogen-bond acceptors (Lipinski definition) is 2. The molecule has 3 heteroatoms. The van der Waals surface area contributed by atoms with Crippen LogP contribution in [-0.4, -0.2) is 19.3 Å². The molecule has 1 heterocycles. The highest BCUT2D eigenvalue weighted by Crippen LogP contribution is 2.05. The van der Waals surface area contributed by atoms with Crippen LogP contribution < -0.4 is 5.19 Å². The SMILES string of the molecule is C=C[Si](C)(C)c1ccncc1C=O. The van der Waals surface area contributed by atoms with Crippen LogP contribution in [0.15, 0.2) is 30.7 Å². The fraction of sp³-hybridized carbons (Fsp3) is 0.200. The highest BCUT2D eigenvalue weighted by molar-refractivity contribution is 6.94.